The van der Waals surface area contributed by atoms with E-state index in [0.717, 1.165) is 17.8 Å². The number of nitrogens with zero attached hydrogens (tertiary/aromatic N) is 4. The molecule has 0 bridgehead atoms. The predicted molar refractivity (Wildman–Crippen MR) is 69.4 cm³/mol. The van der Waals surface area contributed by atoms with Crippen LogP contribution in [0, 0.1) is 18.3 Å². The summed E-state index contributed by atoms with van der Waals surface area (Å²) in [7, 11) is 0. The van der Waals surface area contributed by atoms with Crippen LogP contribution in [0.15, 0.2) is 24.3 Å². The highest BCUT2D eigenvalue weighted by Crippen LogP contribution is 2.14. The molecule has 2 rings (SSSR count). The monoisotopic (exact) mass is 240 g/mol. The van der Waals surface area contributed by atoms with Crippen molar-refractivity contribution in [3.63, 3.8) is 0 Å². The number of nitriles is 1. The van der Waals surface area contributed by atoms with Crippen LogP contribution >= 0.6 is 0 Å². The largest absolute Gasteiger partial charge is 0.216 e. The SMILES string of the molecule is CCCCc1ccc(-n2nnc(C#N)c2C)cc1. The van der Waals surface area contributed by atoms with E-state index < -0.39 is 0 Å². The van der Waals surface area contributed by atoms with Gasteiger partial charge in [-0.1, -0.05) is 30.7 Å². The fourth-order valence-electron chi connectivity index (χ4n) is 1.86. The molecule has 1 aromatic carbocycles. The quantitative estimate of drug-likeness (QED) is 0.825. The highest BCUT2D eigenvalue weighted by atomic mass is 15.4. The zero-order chi connectivity index (χ0) is 13.0. The lowest BCUT2D eigenvalue weighted by molar-refractivity contribution is 0.778. The second-order valence-corrected chi connectivity index (χ2v) is 4.32. The van der Waals surface area contributed by atoms with Gasteiger partial charge in [-0.15, -0.1) is 5.10 Å². The minimum Gasteiger partial charge on any atom is -0.216 e. The Bertz CT molecular complexity index is 560. The molecule has 0 fully saturated rings. The van der Waals surface area contributed by atoms with Gasteiger partial charge in [0.05, 0.1) is 11.4 Å². The van der Waals surface area contributed by atoms with Crippen LogP contribution in [0.5, 0.6) is 0 Å². The molecule has 92 valence electrons. The Morgan fingerprint density at radius 3 is 2.56 bits per heavy atom. The zero-order valence-electron chi connectivity index (χ0n) is 10.7. The number of hydrogen-bond donors (Lipinski definition) is 0. The molecule has 0 spiro atoms. The lowest BCUT2D eigenvalue weighted by atomic mass is 10.1. The highest BCUT2D eigenvalue weighted by molar-refractivity contribution is 5.37. The van der Waals surface area contributed by atoms with Crippen LogP contribution in [-0.2, 0) is 6.42 Å². The summed E-state index contributed by atoms with van der Waals surface area (Å²) in [6.45, 7) is 4.04. The third-order valence-electron chi connectivity index (χ3n) is 3.00. The van der Waals surface area contributed by atoms with E-state index >= 15 is 0 Å². The summed E-state index contributed by atoms with van der Waals surface area (Å²) in [5, 5.41) is 16.7. The van der Waals surface area contributed by atoms with E-state index in [1.165, 1.54) is 18.4 Å². The molecular formula is C14H16N4. The fraction of sp³-hybridized carbons (Fsp3) is 0.357. The Hall–Kier alpha value is -2.15. The van der Waals surface area contributed by atoms with Crippen molar-refractivity contribution in [3.05, 3.63) is 41.2 Å². The van der Waals surface area contributed by atoms with Gasteiger partial charge in [-0.2, -0.15) is 5.26 Å². The molecule has 0 N–H and O–H groups in total. The van der Waals surface area contributed by atoms with E-state index in [1.807, 2.05) is 25.1 Å². The van der Waals surface area contributed by atoms with Gasteiger partial charge in [0.1, 0.15) is 6.07 Å². The average Bonchev–Trinajstić information content (AvgIpc) is 2.78. The first-order valence-electron chi connectivity index (χ1n) is 6.18. The van der Waals surface area contributed by atoms with Crippen LogP contribution in [0.2, 0.25) is 0 Å². The fourth-order valence-corrected chi connectivity index (χ4v) is 1.86. The van der Waals surface area contributed by atoms with Crippen molar-refractivity contribution in [1.29, 1.82) is 5.26 Å². The first-order valence-corrected chi connectivity index (χ1v) is 6.18. The number of hydrogen-bond acceptors (Lipinski definition) is 3. The summed E-state index contributed by atoms with van der Waals surface area (Å²) in [6, 6.07) is 10.3. The zero-order valence-corrected chi connectivity index (χ0v) is 10.7. The third kappa shape index (κ3) is 2.40. The van der Waals surface area contributed by atoms with Crippen molar-refractivity contribution in [2.24, 2.45) is 0 Å². The Kier molecular flexibility index (Phi) is 3.73. The molecule has 0 saturated carbocycles. The van der Waals surface area contributed by atoms with Crippen LogP contribution in [-0.4, -0.2) is 15.0 Å². The molecule has 4 heteroatoms. The molecule has 0 radical (unpaired) electrons. The maximum absolute atomic E-state index is 8.85. The molecule has 4 nitrogen and oxygen atoms in total. The molecule has 18 heavy (non-hydrogen) atoms. The molecule has 1 aromatic heterocycles. The maximum atomic E-state index is 8.85. The van der Waals surface area contributed by atoms with Crippen LogP contribution in [0.4, 0.5) is 0 Å². The number of aromatic nitrogens is 3. The molecule has 0 unspecified atom stereocenters. The number of unbranched alkanes of at least 4 members (excludes halogenated alkanes) is 1. The maximum Gasteiger partial charge on any atom is 0.186 e. The van der Waals surface area contributed by atoms with E-state index in [2.05, 4.69) is 29.4 Å². The Morgan fingerprint density at radius 1 is 1.28 bits per heavy atom. The van der Waals surface area contributed by atoms with Crippen molar-refractivity contribution in [2.45, 2.75) is 33.1 Å². The minimum atomic E-state index is 0.380. The van der Waals surface area contributed by atoms with Crippen LogP contribution in [0.3, 0.4) is 0 Å². The van der Waals surface area contributed by atoms with Crippen LogP contribution in [0.1, 0.15) is 36.7 Å². The second-order valence-electron chi connectivity index (χ2n) is 4.32. The first-order chi connectivity index (χ1) is 8.76. The summed E-state index contributed by atoms with van der Waals surface area (Å²) >= 11 is 0. The molecule has 2 aromatic rings. The van der Waals surface area contributed by atoms with E-state index in [0.29, 0.717) is 5.69 Å². The predicted octanol–water partition coefficient (Wildman–Crippen LogP) is 2.79. The van der Waals surface area contributed by atoms with E-state index in [1.54, 1.807) is 4.68 Å². The summed E-state index contributed by atoms with van der Waals surface area (Å²) in [5.74, 6) is 0. The van der Waals surface area contributed by atoms with E-state index in [4.69, 9.17) is 5.26 Å². The van der Waals surface area contributed by atoms with Gasteiger partial charge in [-0.3, -0.25) is 0 Å². The first kappa shape index (κ1) is 12.3. The molecular weight excluding hydrogens is 224 g/mol. The van der Waals surface area contributed by atoms with Crippen LogP contribution < -0.4 is 0 Å². The molecule has 0 aliphatic rings. The van der Waals surface area contributed by atoms with Crippen molar-refractivity contribution in [3.8, 4) is 11.8 Å². The van der Waals surface area contributed by atoms with Gasteiger partial charge in [-0.05, 0) is 37.5 Å². The van der Waals surface area contributed by atoms with Gasteiger partial charge >= 0.3 is 0 Å². The van der Waals surface area contributed by atoms with Gasteiger partial charge in [0.15, 0.2) is 5.69 Å². The smallest absolute Gasteiger partial charge is 0.186 e. The van der Waals surface area contributed by atoms with Gasteiger partial charge in [-0.25, -0.2) is 4.68 Å². The summed E-state index contributed by atoms with van der Waals surface area (Å²) in [4.78, 5) is 0. The number of aryl methyl sites for hydroxylation is 1. The van der Waals surface area contributed by atoms with Crippen LogP contribution in [0.25, 0.3) is 5.69 Å². The molecule has 0 saturated heterocycles. The molecule has 0 aliphatic carbocycles. The lowest BCUT2D eigenvalue weighted by Gasteiger charge is -2.04. The third-order valence-corrected chi connectivity index (χ3v) is 3.00. The van der Waals surface area contributed by atoms with E-state index in [9.17, 15) is 0 Å². The van der Waals surface area contributed by atoms with Crippen molar-refractivity contribution in [1.82, 2.24) is 15.0 Å². The van der Waals surface area contributed by atoms with Gasteiger partial charge in [0, 0.05) is 0 Å². The average molecular weight is 240 g/mol. The van der Waals surface area contributed by atoms with Crippen molar-refractivity contribution in [2.75, 3.05) is 0 Å². The molecule has 0 atom stereocenters. The lowest BCUT2D eigenvalue weighted by Crippen LogP contribution is -1.99. The molecule has 0 aliphatic heterocycles. The summed E-state index contributed by atoms with van der Waals surface area (Å²) < 4.78 is 1.70. The van der Waals surface area contributed by atoms with Crippen molar-refractivity contribution >= 4 is 0 Å². The van der Waals surface area contributed by atoms with Gasteiger partial charge in [0.2, 0.25) is 0 Å². The van der Waals surface area contributed by atoms with E-state index in [-0.39, 0.29) is 0 Å². The highest BCUT2D eigenvalue weighted by Gasteiger charge is 2.08. The Balaban J connectivity index is 2.24. The standard InChI is InChI=1S/C14H16N4/c1-3-4-5-12-6-8-13(9-7-12)18-11(2)14(10-15)16-17-18/h6-9H,3-5H2,1-2H3. The second kappa shape index (κ2) is 5.46. The van der Waals surface area contributed by atoms with Gasteiger partial charge < -0.3 is 0 Å². The summed E-state index contributed by atoms with van der Waals surface area (Å²) in [6.07, 6.45) is 3.52. The Labute approximate surface area is 107 Å². The molecule has 0 amide bonds. The Morgan fingerprint density at radius 2 is 2.00 bits per heavy atom. The van der Waals surface area contributed by atoms with Gasteiger partial charge in [0.25, 0.3) is 0 Å². The topological polar surface area (TPSA) is 54.5 Å². The normalized spacial score (nSPS) is 10.3. The minimum absolute atomic E-state index is 0.380. The number of benzene rings is 1. The number of rotatable bonds is 4. The summed E-state index contributed by atoms with van der Waals surface area (Å²) in [5.41, 5.74) is 3.43. The van der Waals surface area contributed by atoms with Crippen molar-refractivity contribution < 1.29 is 0 Å². The molecule has 1 heterocycles.